The lowest BCUT2D eigenvalue weighted by molar-refractivity contribution is 0.406. The zero-order chi connectivity index (χ0) is 14.0. The third-order valence-electron chi connectivity index (χ3n) is 3.03. The first-order valence-electron chi connectivity index (χ1n) is 6.06. The van der Waals surface area contributed by atoms with E-state index in [0.717, 1.165) is 28.3 Å². The van der Waals surface area contributed by atoms with Crippen molar-refractivity contribution in [1.82, 2.24) is 20.0 Å². The number of hydrogen-bond acceptors (Lipinski definition) is 4. The van der Waals surface area contributed by atoms with E-state index in [1.165, 1.54) is 0 Å². The van der Waals surface area contributed by atoms with Gasteiger partial charge in [-0.15, -0.1) is 5.10 Å². The van der Waals surface area contributed by atoms with Crippen LogP contribution in [0.5, 0.6) is 5.75 Å². The second-order valence-corrected chi connectivity index (χ2v) is 5.88. The van der Waals surface area contributed by atoms with E-state index < -0.39 is 0 Å². The van der Waals surface area contributed by atoms with Crippen LogP contribution >= 0.6 is 15.9 Å². The second kappa shape index (κ2) is 5.69. The highest BCUT2D eigenvalue weighted by Gasteiger charge is 2.12. The highest BCUT2D eigenvalue weighted by molar-refractivity contribution is 9.09. The van der Waals surface area contributed by atoms with Crippen molar-refractivity contribution in [3.8, 4) is 5.75 Å². The quantitative estimate of drug-likeness (QED) is 0.811. The van der Waals surface area contributed by atoms with Crippen molar-refractivity contribution in [2.75, 3.05) is 7.11 Å². The molecule has 2 aromatic heterocycles. The first-order valence-corrected chi connectivity index (χ1v) is 6.97. The molecule has 0 bridgehead atoms. The molecular formula is C13H17BrN4O. The minimum atomic E-state index is 0.197. The van der Waals surface area contributed by atoms with E-state index in [1.54, 1.807) is 11.8 Å². The number of alkyl halides is 1. The molecule has 0 saturated heterocycles. The van der Waals surface area contributed by atoms with Gasteiger partial charge >= 0.3 is 0 Å². The fourth-order valence-corrected chi connectivity index (χ4v) is 2.17. The van der Waals surface area contributed by atoms with Crippen molar-refractivity contribution in [3.05, 3.63) is 34.9 Å². The van der Waals surface area contributed by atoms with Crippen molar-refractivity contribution >= 4 is 15.9 Å². The number of aryl methyl sites for hydroxylation is 1. The summed E-state index contributed by atoms with van der Waals surface area (Å²) < 4.78 is 7.19. The van der Waals surface area contributed by atoms with E-state index in [2.05, 4.69) is 31.2 Å². The lowest BCUT2D eigenvalue weighted by Gasteiger charge is -2.11. The summed E-state index contributed by atoms with van der Waals surface area (Å²) in [5, 5.41) is 8.22. The van der Waals surface area contributed by atoms with E-state index in [-0.39, 0.29) is 4.83 Å². The Hall–Kier alpha value is -1.43. The molecule has 1 atom stereocenters. The number of aromatic nitrogens is 4. The van der Waals surface area contributed by atoms with Crippen LogP contribution in [0.2, 0.25) is 0 Å². The predicted octanol–water partition coefficient (Wildman–Crippen LogP) is 2.80. The Morgan fingerprint density at radius 2 is 2.16 bits per heavy atom. The minimum Gasteiger partial charge on any atom is -0.496 e. The van der Waals surface area contributed by atoms with Crippen LogP contribution in [0.4, 0.5) is 0 Å². The van der Waals surface area contributed by atoms with Gasteiger partial charge in [0.1, 0.15) is 5.75 Å². The molecule has 5 nitrogen and oxygen atoms in total. The number of nitrogens with zero attached hydrogens (tertiary/aromatic N) is 4. The van der Waals surface area contributed by atoms with Crippen LogP contribution in [-0.4, -0.2) is 27.1 Å². The van der Waals surface area contributed by atoms with Crippen LogP contribution < -0.4 is 4.74 Å². The number of ether oxygens (including phenoxy) is 1. The van der Waals surface area contributed by atoms with Gasteiger partial charge in [-0.2, -0.15) is 0 Å². The Labute approximate surface area is 121 Å². The van der Waals surface area contributed by atoms with Crippen molar-refractivity contribution in [1.29, 1.82) is 0 Å². The van der Waals surface area contributed by atoms with E-state index in [1.807, 2.05) is 33.2 Å². The first-order chi connectivity index (χ1) is 9.02. The SMILES string of the molecule is COc1c(C)cnc(Cn2cc(C(C)Br)nn2)c1C. The first kappa shape index (κ1) is 14.0. The molecular weight excluding hydrogens is 308 g/mol. The zero-order valence-corrected chi connectivity index (χ0v) is 13.1. The molecule has 0 fully saturated rings. The summed E-state index contributed by atoms with van der Waals surface area (Å²) in [7, 11) is 1.68. The fraction of sp³-hybridized carbons (Fsp3) is 0.462. The number of hydrogen-bond donors (Lipinski definition) is 0. The van der Waals surface area contributed by atoms with Crippen molar-refractivity contribution in [2.24, 2.45) is 0 Å². The smallest absolute Gasteiger partial charge is 0.128 e. The summed E-state index contributed by atoms with van der Waals surface area (Å²) in [4.78, 5) is 4.65. The maximum atomic E-state index is 5.40. The minimum absolute atomic E-state index is 0.197. The van der Waals surface area contributed by atoms with Gasteiger partial charge < -0.3 is 4.74 Å². The average molecular weight is 325 g/mol. The van der Waals surface area contributed by atoms with Crippen molar-refractivity contribution in [2.45, 2.75) is 32.1 Å². The average Bonchev–Trinajstić information content (AvgIpc) is 2.82. The Balaban J connectivity index is 2.28. The molecule has 0 amide bonds. The molecule has 0 spiro atoms. The van der Waals surface area contributed by atoms with Crippen molar-refractivity contribution < 1.29 is 4.74 Å². The van der Waals surface area contributed by atoms with Gasteiger partial charge in [0, 0.05) is 17.3 Å². The topological polar surface area (TPSA) is 52.8 Å². The molecule has 0 aromatic carbocycles. The van der Waals surface area contributed by atoms with Gasteiger partial charge in [0.2, 0.25) is 0 Å². The van der Waals surface area contributed by atoms with Gasteiger partial charge in [-0.25, -0.2) is 4.68 Å². The number of halogens is 1. The van der Waals surface area contributed by atoms with Gasteiger partial charge in [0.25, 0.3) is 0 Å². The maximum Gasteiger partial charge on any atom is 0.128 e. The summed E-state index contributed by atoms with van der Waals surface area (Å²) in [6.07, 6.45) is 3.75. The van der Waals surface area contributed by atoms with E-state index in [4.69, 9.17) is 4.74 Å². The molecule has 102 valence electrons. The molecule has 19 heavy (non-hydrogen) atoms. The molecule has 0 saturated carbocycles. The summed E-state index contributed by atoms with van der Waals surface area (Å²) in [5.74, 6) is 0.888. The molecule has 0 aliphatic carbocycles. The molecule has 0 aliphatic rings. The summed E-state index contributed by atoms with van der Waals surface area (Å²) in [6.45, 7) is 6.61. The van der Waals surface area contributed by atoms with Crippen molar-refractivity contribution in [3.63, 3.8) is 0 Å². The maximum absolute atomic E-state index is 5.40. The zero-order valence-electron chi connectivity index (χ0n) is 11.5. The Bertz CT molecular complexity index is 580. The molecule has 2 heterocycles. The third kappa shape index (κ3) is 2.94. The fourth-order valence-electron chi connectivity index (χ4n) is 1.96. The molecule has 2 aromatic rings. The molecule has 1 unspecified atom stereocenters. The van der Waals surface area contributed by atoms with Crippen LogP contribution in [0, 0.1) is 13.8 Å². The van der Waals surface area contributed by atoms with E-state index in [9.17, 15) is 0 Å². The molecule has 2 rings (SSSR count). The van der Waals surface area contributed by atoms with Crippen LogP contribution in [-0.2, 0) is 6.54 Å². The molecule has 0 radical (unpaired) electrons. The van der Waals surface area contributed by atoms with Gasteiger partial charge in [-0.3, -0.25) is 4.98 Å². The molecule has 0 N–H and O–H groups in total. The molecule has 6 heteroatoms. The second-order valence-electron chi connectivity index (χ2n) is 4.50. The highest BCUT2D eigenvalue weighted by Crippen LogP contribution is 2.24. The van der Waals surface area contributed by atoms with E-state index in [0.29, 0.717) is 6.54 Å². The van der Waals surface area contributed by atoms with Gasteiger partial charge in [-0.05, 0) is 20.8 Å². The Kier molecular flexibility index (Phi) is 4.19. The lowest BCUT2D eigenvalue weighted by Crippen LogP contribution is -2.06. The van der Waals surface area contributed by atoms with Crippen LogP contribution in [0.1, 0.15) is 34.3 Å². The monoisotopic (exact) mass is 324 g/mol. The number of methoxy groups -OCH3 is 1. The Morgan fingerprint density at radius 3 is 2.74 bits per heavy atom. The largest absolute Gasteiger partial charge is 0.496 e. The van der Waals surface area contributed by atoms with E-state index >= 15 is 0 Å². The summed E-state index contributed by atoms with van der Waals surface area (Å²) in [5.41, 5.74) is 3.95. The van der Waals surface area contributed by atoms with Crippen LogP contribution in [0.15, 0.2) is 12.4 Å². The van der Waals surface area contributed by atoms with Gasteiger partial charge in [-0.1, -0.05) is 21.1 Å². The van der Waals surface area contributed by atoms with Gasteiger partial charge in [0.05, 0.1) is 36.1 Å². The number of rotatable bonds is 4. The normalized spacial score (nSPS) is 12.5. The lowest BCUT2D eigenvalue weighted by atomic mass is 10.1. The predicted molar refractivity (Wildman–Crippen MR) is 76.7 cm³/mol. The number of pyridine rings is 1. The highest BCUT2D eigenvalue weighted by atomic mass is 79.9. The van der Waals surface area contributed by atoms with Crippen LogP contribution in [0.25, 0.3) is 0 Å². The summed E-state index contributed by atoms with van der Waals surface area (Å²) in [6, 6.07) is 0. The molecule has 0 aliphatic heterocycles. The summed E-state index contributed by atoms with van der Waals surface area (Å²) >= 11 is 3.48. The standard InChI is InChI=1S/C13H17BrN4O/c1-8-5-15-11(9(2)13(8)19-4)6-18-7-12(10(3)14)16-17-18/h5,7,10H,6H2,1-4H3. The van der Waals surface area contributed by atoms with Gasteiger partial charge in [0.15, 0.2) is 0 Å². The third-order valence-corrected chi connectivity index (χ3v) is 3.49. The Morgan fingerprint density at radius 1 is 1.42 bits per heavy atom. The van der Waals surface area contributed by atoms with Crippen LogP contribution in [0.3, 0.4) is 0 Å².